The van der Waals surface area contributed by atoms with Crippen LogP contribution in [-0.4, -0.2) is 79.0 Å². The third-order valence-electron chi connectivity index (χ3n) is 9.34. The predicted molar refractivity (Wildman–Crippen MR) is 251 cm³/mol. The van der Waals surface area contributed by atoms with E-state index in [1.165, 1.54) is 0 Å². The lowest BCUT2D eigenvalue weighted by atomic mass is 10.1. The molecule has 0 atom stereocenters. The van der Waals surface area contributed by atoms with E-state index in [1.54, 1.807) is 99.6 Å². The molecule has 17 nitrogen and oxygen atoms in total. The number of rotatable bonds is 10. The molecule has 20 heteroatoms. The van der Waals surface area contributed by atoms with Crippen molar-refractivity contribution in [1.82, 2.24) is 25.7 Å². The summed E-state index contributed by atoms with van der Waals surface area (Å²) in [7, 11) is -7.59. The maximum Gasteiger partial charge on any atom is 0.407 e. The van der Waals surface area contributed by atoms with Crippen LogP contribution in [0.5, 0.6) is 0 Å². The van der Waals surface area contributed by atoms with Crippen LogP contribution in [0.4, 0.5) is 16.2 Å². The van der Waals surface area contributed by atoms with Gasteiger partial charge in [-0.15, -0.1) is 12.4 Å². The quantitative estimate of drug-likeness (QED) is 0.0660. The lowest BCUT2D eigenvalue weighted by Gasteiger charge is -2.19. The number of aromatic nitrogens is 4. The molecule has 0 saturated heterocycles. The zero-order valence-corrected chi connectivity index (χ0v) is 37.8. The van der Waals surface area contributed by atoms with Gasteiger partial charge in [0.2, 0.25) is 25.6 Å². The molecule has 8 aromatic rings. The van der Waals surface area contributed by atoms with Crippen LogP contribution in [0.25, 0.3) is 43.4 Å². The highest BCUT2D eigenvalue weighted by molar-refractivity contribution is 7.92. The number of hydrogen-bond acceptors (Lipinski definition) is 12. The average molecular weight is 944 g/mol. The largest absolute Gasteiger partial charge is 0.481 e. The number of nitrogens with two attached hydrogens (primary N) is 2. The summed E-state index contributed by atoms with van der Waals surface area (Å²) < 4.78 is 57.9. The molecule has 0 spiro atoms. The van der Waals surface area contributed by atoms with E-state index in [9.17, 15) is 31.2 Å². The molecule has 2 heterocycles. The van der Waals surface area contributed by atoms with Gasteiger partial charge >= 0.3 is 12.1 Å². The van der Waals surface area contributed by atoms with Crippen molar-refractivity contribution >= 4 is 105 Å². The van der Waals surface area contributed by atoms with Crippen LogP contribution >= 0.6 is 12.4 Å². The van der Waals surface area contributed by atoms with Crippen LogP contribution in [0.2, 0.25) is 0 Å². The first-order valence-electron chi connectivity index (χ1n) is 19.7. The number of halogens is 1. The first-order valence-corrected chi connectivity index (χ1v) is 22.7. The fraction of sp³-hybridized carbons (Fsp3) is 0.178. The minimum Gasteiger partial charge on any atom is -0.481 e. The van der Waals surface area contributed by atoms with Gasteiger partial charge in [-0.3, -0.25) is 19.8 Å². The zero-order valence-electron chi connectivity index (χ0n) is 35.4. The van der Waals surface area contributed by atoms with E-state index in [-0.39, 0.29) is 64.1 Å². The van der Waals surface area contributed by atoms with Crippen molar-refractivity contribution in [2.24, 2.45) is 5.73 Å². The van der Waals surface area contributed by atoms with Gasteiger partial charge in [0.25, 0.3) is 0 Å². The van der Waals surface area contributed by atoms with Gasteiger partial charge in [0.1, 0.15) is 5.60 Å². The monoisotopic (exact) mass is 942 g/mol. The van der Waals surface area contributed by atoms with Crippen molar-refractivity contribution in [3.05, 3.63) is 121 Å². The normalized spacial score (nSPS) is 11.4. The molecule has 0 bridgehead atoms. The Labute approximate surface area is 380 Å². The van der Waals surface area contributed by atoms with Crippen LogP contribution < -0.4 is 22.1 Å². The number of ether oxygens (including phenoxy) is 1. The molecule has 8 rings (SSSR count). The molecule has 0 aliphatic rings. The summed E-state index contributed by atoms with van der Waals surface area (Å²) >= 11 is 0. The Balaban J connectivity index is 0.000000194. The van der Waals surface area contributed by atoms with E-state index < -0.39 is 37.3 Å². The van der Waals surface area contributed by atoms with Crippen molar-refractivity contribution in [3.8, 4) is 0 Å². The summed E-state index contributed by atoms with van der Waals surface area (Å²) in [6.45, 7) is 5.54. The molecule has 0 saturated carbocycles. The third kappa shape index (κ3) is 11.8. The molecule has 6 aromatic carbocycles. The predicted octanol–water partition coefficient (Wildman–Crippen LogP) is 7.37. The summed E-state index contributed by atoms with van der Waals surface area (Å²) in [5.74, 6) is -1.18. The number of nitrogens with one attached hydrogen (secondary N) is 4. The van der Waals surface area contributed by atoms with Crippen molar-refractivity contribution < 1.29 is 41.1 Å². The molecule has 0 aliphatic heterocycles. The number of amides is 2. The number of H-pyrrole nitrogens is 2. The molecule has 2 aromatic heterocycles. The molecule has 0 radical (unpaired) electrons. The van der Waals surface area contributed by atoms with Crippen LogP contribution in [0, 0.1) is 0 Å². The van der Waals surface area contributed by atoms with Gasteiger partial charge in [-0.1, -0.05) is 72.8 Å². The van der Waals surface area contributed by atoms with E-state index in [0.717, 1.165) is 10.8 Å². The fourth-order valence-electron chi connectivity index (χ4n) is 6.50. The van der Waals surface area contributed by atoms with Crippen molar-refractivity contribution in [2.75, 3.05) is 24.1 Å². The van der Waals surface area contributed by atoms with Crippen LogP contribution in [-0.2, 0) is 34.0 Å². The van der Waals surface area contributed by atoms with Gasteiger partial charge in [0.15, 0.2) is 10.1 Å². The third-order valence-corrected chi connectivity index (χ3v) is 12.9. The highest BCUT2D eigenvalue weighted by Crippen LogP contribution is 2.33. The second-order valence-electron chi connectivity index (χ2n) is 15.2. The lowest BCUT2D eigenvalue weighted by Crippen LogP contribution is -2.33. The SMILES string of the molecule is CC(C)(C)OC(=O)NCCC(=O)O.Cl.NCCC(=O)Nc1ccc2n[nH]c(S(=O)(=O)c3cccc4ccccc34)c2c1.Nc1ccc2n[nH]c(S(=O)(=O)c3cccc4ccccc34)c2c1. The van der Waals surface area contributed by atoms with Crippen LogP contribution in [0.15, 0.2) is 141 Å². The Morgan fingerprint density at radius 3 is 1.68 bits per heavy atom. The summed E-state index contributed by atoms with van der Waals surface area (Å²) in [4.78, 5) is 33.2. The number of sulfone groups is 2. The van der Waals surface area contributed by atoms with Gasteiger partial charge in [0, 0.05) is 52.4 Å². The number of alkyl carbamates (subject to hydrolysis) is 1. The summed E-state index contributed by atoms with van der Waals surface area (Å²) in [5.41, 5.74) is 12.7. The number of aromatic amines is 2. The molecular formula is C45H47ClN8O9S2. The smallest absolute Gasteiger partial charge is 0.407 e. The fourth-order valence-corrected chi connectivity index (χ4v) is 9.64. The first-order chi connectivity index (χ1) is 30.4. The number of carboxylic acids is 1. The highest BCUT2D eigenvalue weighted by Gasteiger charge is 2.26. The molecule has 0 unspecified atom stereocenters. The maximum atomic E-state index is 13.4. The topological polar surface area (TPSA) is 282 Å². The number of anilines is 2. The minimum absolute atomic E-state index is 0. The first kappa shape index (κ1) is 49.0. The summed E-state index contributed by atoms with van der Waals surface area (Å²) in [6, 6.07) is 35.0. The summed E-state index contributed by atoms with van der Waals surface area (Å²) in [6.07, 6.45) is -0.502. The molecule has 9 N–H and O–H groups in total. The number of hydrogen-bond donors (Lipinski definition) is 7. The van der Waals surface area contributed by atoms with Gasteiger partial charge < -0.3 is 31.9 Å². The maximum absolute atomic E-state index is 13.4. The van der Waals surface area contributed by atoms with Crippen LogP contribution in [0.3, 0.4) is 0 Å². The van der Waals surface area contributed by atoms with E-state index in [2.05, 4.69) is 31.0 Å². The summed E-state index contributed by atoms with van der Waals surface area (Å²) in [5, 5.41) is 30.8. The standard InChI is InChI=1S/C20H18N4O3S.C17H13N3O2S.C8H15NO4.ClH/c21-11-10-19(25)22-14-8-9-17-16(12-14)20(24-23-17)28(26,27)18-7-3-5-13-4-1-2-6-15(13)18;18-12-8-9-15-14(10-12)17(20-19-15)23(21,22)16-7-3-5-11-4-1-2-6-13(11)16;1-8(2,3)13-7(12)9-5-4-6(10)11;/h1-9,12H,10-11,21H2,(H,22,25)(H,23,24);1-10H,18H2,(H,19,20);4-5H2,1-3H3,(H,9,12)(H,10,11);1H. The minimum atomic E-state index is -3.86. The van der Waals surface area contributed by atoms with Crippen molar-refractivity contribution in [2.45, 2.75) is 59.1 Å². The number of fused-ring (bicyclic) bond motifs is 4. The number of nitrogen functional groups attached to an aromatic ring is 1. The van der Waals surface area contributed by atoms with Gasteiger partial charge in [-0.05, 0) is 80.1 Å². The number of nitrogens with zero attached hydrogens (tertiary/aromatic N) is 2. The van der Waals surface area contributed by atoms with Crippen molar-refractivity contribution in [3.63, 3.8) is 0 Å². The molecule has 2 amide bonds. The van der Waals surface area contributed by atoms with E-state index >= 15 is 0 Å². The number of aliphatic carboxylic acids is 1. The molecular weight excluding hydrogens is 896 g/mol. The Bertz CT molecular complexity index is 3230. The second-order valence-corrected chi connectivity index (χ2v) is 18.9. The second kappa shape index (κ2) is 20.6. The van der Waals surface area contributed by atoms with Gasteiger partial charge in [-0.25, -0.2) is 21.6 Å². The Morgan fingerprint density at radius 1 is 0.677 bits per heavy atom. The molecule has 65 heavy (non-hydrogen) atoms. The van der Waals surface area contributed by atoms with E-state index in [4.69, 9.17) is 21.3 Å². The van der Waals surface area contributed by atoms with E-state index in [1.807, 2.05) is 42.5 Å². The molecule has 0 fully saturated rings. The number of carboxylic acid groups (broad SMARTS) is 1. The lowest BCUT2D eigenvalue weighted by molar-refractivity contribution is -0.136. The Morgan fingerprint density at radius 2 is 1.17 bits per heavy atom. The van der Waals surface area contributed by atoms with Gasteiger partial charge in [-0.2, -0.15) is 10.2 Å². The van der Waals surface area contributed by atoms with E-state index in [0.29, 0.717) is 44.0 Å². The Hall–Kier alpha value is -7.06. The number of carbonyl (C=O) groups excluding carboxylic acids is 2. The zero-order chi connectivity index (χ0) is 46.2. The molecule has 340 valence electrons. The van der Waals surface area contributed by atoms with Crippen molar-refractivity contribution in [1.29, 1.82) is 0 Å². The molecule has 0 aliphatic carbocycles. The number of benzene rings is 6. The highest BCUT2D eigenvalue weighted by atomic mass is 35.5. The average Bonchev–Trinajstić information content (AvgIpc) is 3.88. The van der Waals surface area contributed by atoms with Crippen LogP contribution in [0.1, 0.15) is 33.6 Å². The number of carbonyl (C=O) groups is 3. The Kier molecular flexibility index (Phi) is 15.5. The van der Waals surface area contributed by atoms with Gasteiger partial charge in [0.05, 0.1) is 27.2 Å².